The highest BCUT2D eigenvalue weighted by Gasteiger charge is 2.30. The molecule has 1 saturated heterocycles. The SMILES string of the molecule is COc1cccc(/C=N\NC(=O)[C@@H](c2ccccn2)N2CCOCC2)c1O. The number of methoxy groups -OCH3 is 1. The van der Waals surface area contributed by atoms with Gasteiger partial charge in [-0.2, -0.15) is 5.10 Å². The van der Waals surface area contributed by atoms with E-state index in [-0.39, 0.29) is 11.7 Å². The van der Waals surface area contributed by atoms with Crippen molar-refractivity contribution in [2.24, 2.45) is 5.10 Å². The van der Waals surface area contributed by atoms with Crippen molar-refractivity contribution in [1.29, 1.82) is 0 Å². The van der Waals surface area contributed by atoms with Crippen molar-refractivity contribution >= 4 is 12.1 Å². The molecule has 142 valence electrons. The van der Waals surface area contributed by atoms with Gasteiger partial charge in [-0.1, -0.05) is 12.1 Å². The van der Waals surface area contributed by atoms with E-state index in [0.29, 0.717) is 43.3 Å². The maximum Gasteiger partial charge on any atom is 0.263 e. The van der Waals surface area contributed by atoms with E-state index < -0.39 is 6.04 Å². The normalized spacial score (nSPS) is 16.2. The molecule has 1 aromatic heterocycles. The molecule has 0 saturated carbocycles. The smallest absolute Gasteiger partial charge is 0.263 e. The number of benzene rings is 1. The monoisotopic (exact) mass is 370 g/mol. The summed E-state index contributed by atoms with van der Waals surface area (Å²) in [6.07, 6.45) is 3.04. The summed E-state index contributed by atoms with van der Waals surface area (Å²) in [6, 6.07) is 9.95. The summed E-state index contributed by atoms with van der Waals surface area (Å²) in [5, 5.41) is 14.1. The number of phenolic OH excluding ortho intramolecular Hbond substituents is 1. The molecule has 2 aromatic rings. The van der Waals surface area contributed by atoms with Gasteiger partial charge >= 0.3 is 0 Å². The van der Waals surface area contributed by atoms with Crippen LogP contribution in [-0.2, 0) is 9.53 Å². The van der Waals surface area contributed by atoms with Crippen molar-refractivity contribution in [3.05, 3.63) is 53.9 Å². The first-order valence-corrected chi connectivity index (χ1v) is 8.62. The molecule has 1 fully saturated rings. The summed E-state index contributed by atoms with van der Waals surface area (Å²) in [5.74, 6) is 0.00615. The zero-order chi connectivity index (χ0) is 19.1. The van der Waals surface area contributed by atoms with Gasteiger partial charge in [0.2, 0.25) is 0 Å². The Hall–Kier alpha value is -2.97. The van der Waals surface area contributed by atoms with Crippen molar-refractivity contribution in [3.8, 4) is 11.5 Å². The Morgan fingerprint density at radius 2 is 2.15 bits per heavy atom. The highest BCUT2D eigenvalue weighted by molar-refractivity contribution is 5.87. The number of amides is 1. The molecule has 1 aliphatic heterocycles. The number of carbonyl (C=O) groups excluding carboxylic acids is 1. The third-order valence-electron chi connectivity index (χ3n) is 4.26. The van der Waals surface area contributed by atoms with Crippen LogP contribution in [0.5, 0.6) is 11.5 Å². The molecule has 0 bridgehead atoms. The number of nitrogens with one attached hydrogen (secondary N) is 1. The van der Waals surface area contributed by atoms with Crippen LogP contribution in [-0.4, -0.2) is 60.5 Å². The highest BCUT2D eigenvalue weighted by Crippen LogP contribution is 2.28. The van der Waals surface area contributed by atoms with E-state index in [4.69, 9.17) is 9.47 Å². The number of ether oxygens (including phenoxy) is 2. The first kappa shape index (κ1) is 18.8. The summed E-state index contributed by atoms with van der Waals surface area (Å²) >= 11 is 0. The van der Waals surface area contributed by atoms with E-state index in [2.05, 4.69) is 15.5 Å². The molecule has 1 amide bonds. The lowest BCUT2D eigenvalue weighted by atomic mass is 10.1. The molecule has 0 radical (unpaired) electrons. The minimum Gasteiger partial charge on any atom is -0.504 e. The molecular weight excluding hydrogens is 348 g/mol. The molecule has 2 N–H and O–H groups in total. The van der Waals surface area contributed by atoms with Crippen LogP contribution in [0.1, 0.15) is 17.3 Å². The van der Waals surface area contributed by atoms with Gasteiger partial charge in [0.15, 0.2) is 11.5 Å². The number of pyridine rings is 1. The Kier molecular flexibility index (Phi) is 6.35. The number of phenols is 1. The number of para-hydroxylation sites is 1. The Balaban J connectivity index is 1.75. The zero-order valence-electron chi connectivity index (χ0n) is 15.0. The minimum atomic E-state index is -0.564. The van der Waals surface area contributed by atoms with Crippen LogP contribution in [0.4, 0.5) is 0 Å². The van der Waals surface area contributed by atoms with Gasteiger partial charge < -0.3 is 14.6 Å². The predicted molar refractivity (Wildman–Crippen MR) is 99.8 cm³/mol. The molecule has 1 atom stereocenters. The topological polar surface area (TPSA) is 96.3 Å². The van der Waals surface area contributed by atoms with Crippen LogP contribution in [0.25, 0.3) is 0 Å². The fourth-order valence-corrected chi connectivity index (χ4v) is 2.90. The van der Waals surface area contributed by atoms with Gasteiger partial charge in [0.1, 0.15) is 6.04 Å². The van der Waals surface area contributed by atoms with Crippen LogP contribution in [0.2, 0.25) is 0 Å². The van der Waals surface area contributed by atoms with Gasteiger partial charge in [0, 0.05) is 24.8 Å². The van der Waals surface area contributed by atoms with Crippen LogP contribution in [0.15, 0.2) is 47.7 Å². The molecular formula is C19H22N4O4. The second kappa shape index (κ2) is 9.11. The van der Waals surface area contributed by atoms with Crippen LogP contribution in [0.3, 0.4) is 0 Å². The second-order valence-corrected chi connectivity index (χ2v) is 5.94. The number of hydrazone groups is 1. The van der Waals surface area contributed by atoms with Crippen molar-refractivity contribution in [2.75, 3.05) is 33.4 Å². The van der Waals surface area contributed by atoms with E-state index in [0.717, 1.165) is 0 Å². The van der Waals surface area contributed by atoms with Crippen LogP contribution < -0.4 is 10.2 Å². The zero-order valence-corrected chi connectivity index (χ0v) is 15.0. The fourth-order valence-electron chi connectivity index (χ4n) is 2.90. The van der Waals surface area contributed by atoms with Crippen LogP contribution in [0, 0.1) is 0 Å². The van der Waals surface area contributed by atoms with Crippen molar-refractivity contribution in [2.45, 2.75) is 6.04 Å². The number of morpholine rings is 1. The average molecular weight is 370 g/mol. The summed E-state index contributed by atoms with van der Waals surface area (Å²) < 4.78 is 10.4. The van der Waals surface area contributed by atoms with E-state index >= 15 is 0 Å². The molecule has 8 heteroatoms. The number of aromatic hydroxyl groups is 1. The predicted octanol–water partition coefficient (Wildman–Crippen LogP) is 1.32. The highest BCUT2D eigenvalue weighted by atomic mass is 16.5. The van der Waals surface area contributed by atoms with Gasteiger partial charge in [-0.3, -0.25) is 14.7 Å². The summed E-state index contributed by atoms with van der Waals surface area (Å²) in [6.45, 7) is 2.40. The van der Waals surface area contributed by atoms with Crippen LogP contribution >= 0.6 is 0 Å². The van der Waals surface area contributed by atoms with E-state index in [1.54, 1.807) is 24.4 Å². The van der Waals surface area contributed by atoms with Gasteiger partial charge in [0.25, 0.3) is 5.91 Å². The van der Waals surface area contributed by atoms with E-state index in [9.17, 15) is 9.90 Å². The lowest BCUT2D eigenvalue weighted by Gasteiger charge is -2.32. The number of aromatic nitrogens is 1. The number of carbonyl (C=O) groups is 1. The maximum atomic E-state index is 12.8. The quantitative estimate of drug-likeness (QED) is 0.588. The standard InChI is InChI=1S/C19H22N4O4/c1-26-16-7-4-5-14(18(16)24)13-21-22-19(25)17(15-6-2-3-8-20-15)23-9-11-27-12-10-23/h2-8,13,17,24H,9-12H2,1H3,(H,22,25)/b21-13-/t17-/m1/s1. The van der Waals surface area contributed by atoms with E-state index in [1.807, 2.05) is 23.1 Å². The van der Waals surface area contributed by atoms with E-state index in [1.165, 1.54) is 13.3 Å². The van der Waals surface area contributed by atoms with Gasteiger partial charge in [-0.25, -0.2) is 5.43 Å². The lowest BCUT2D eigenvalue weighted by molar-refractivity contribution is -0.128. The molecule has 1 aromatic carbocycles. The Labute approximate surface area is 157 Å². The largest absolute Gasteiger partial charge is 0.504 e. The molecule has 0 aliphatic carbocycles. The minimum absolute atomic E-state index is 0.0348. The molecule has 2 heterocycles. The number of nitrogens with zero attached hydrogens (tertiary/aromatic N) is 3. The van der Waals surface area contributed by atoms with Gasteiger partial charge in [0.05, 0.1) is 32.2 Å². The third kappa shape index (κ3) is 4.60. The Bertz CT molecular complexity index is 792. The first-order valence-electron chi connectivity index (χ1n) is 8.62. The summed E-state index contributed by atoms with van der Waals surface area (Å²) in [4.78, 5) is 19.1. The third-order valence-corrected chi connectivity index (χ3v) is 4.26. The second-order valence-electron chi connectivity index (χ2n) is 5.94. The maximum absolute atomic E-state index is 12.8. The lowest BCUT2D eigenvalue weighted by Crippen LogP contribution is -2.45. The van der Waals surface area contributed by atoms with Crippen molar-refractivity contribution in [1.82, 2.24) is 15.3 Å². The average Bonchev–Trinajstić information content (AvgIpc) is 2.71. The molecule has 27 heavy (non-hydrogen) atoms. The molecule has 1 aliphatic rings. The molecule has 0 spiro atoms. The fraction of sp³-hybridized carbons (Fsp3) is 0.316. The first-order chi connectivity index (χ1) is 13.2. The number of rotatable bonds is 6. The molecule has 0 unspecified atom stereocenters. The van der Waals surface area contributed by atoms with Crippen molar-refractivity contribution in [3.63, 3.8) is 0 Å². The Morgan fingerprint density at radius 3 is 2.85 bits per heavy atom. The molecule has 8 nitrogen and oxygen atoms in total. The summed E-state index contributed by atoms with van der Waals surface area (Å²) in [7, 11) is 1.47. The van der Waals surface area contributed by atoms with Gasteiger partial charge in [-0.15, -0.1) is 0 Å². The number of hydrogen-bond acceptors (Lipinski definition) is 7. The Morgan fingerprint density at radius 1 is 1.33 bits per heavy atom. The van der Waals surface area contributed by atoms with Crippen molar-refractivity contribution < 1.29 is 19.4 Å². The van der Waals surface area contributed by atoms with Gasteiger partial charge in [-0.05, 0) is 24.3 Å². The molecule has 3 rings (SSSR count). The number of hydrogen-bond donors (Lipinski definition) is 2. The summed E-state index contributed by atoms with van der Waals surface area (Å²) in [5.41, 5.74) is 3.64.